The van der Waals surface area contributed by atoms with E-state index in [1.807, 2.05) is 13.8 Å². The highest BCUT2D eigenvalue weighted by Gasteiger charge is 2.29. The van der Waals surface area contributed by atoms with Crippen molar-refractivity contribution < 1.29 is 28.8 Å². The number of aryl methyl sites for hydroxylation is 1. The summed E-state index contributed by atoms with van der Waals surface area (Å²) in [7, 11) is 1.40. The van der Waals surface area contributed by atoms with Crippen LogP contribution in [0.3, 0.4) is 0 Å². The minimum absolute atomic E-state index is 0.0650. The summed E-state index contributed by atoms with van der Waals surface area (Å²) in [5.74, 6) is -0.777. The summed E-state index contributed by atoms with van der Waals surface area (Å²) < 4.78 is 9.89. The summed E-state index contributed by atoms with van der Waals surface area (Å²) in [6.07, 6.45) is 1.45. The first-order chi connectivity index (χ1) is 12.4. The largest absolute Gasteiger partial charge is 0.469 e. The third-order valence-corrected chi connectivity index (χ3v) is 5.88. The van der Waals surface area contributed by atoms with Gasteiger partial charge in [-0.15, -0.1) is 11.3 Å². The molecule has 0 atom stereocenters. The van der Waals surface area contributed by atoms with Crippen LogP contribution in [0.15, 0.2) is 0 Å². The SMILES string of the molecule is CCOC(=O)c1c(NC(=O)C[NH+]2CCC(C(=O)OC)CC2)sc(C)c1C. The van der Waals surface area contributed by atoms with E-state index in [2.05, 4.69) is 5.32 Å². The van der Waals surface area contributed by atoms with E-state index < -0.39 is 5.97 Å². The second kappa shape index (κ2) is 9.14. The average Bonchev–Trinajstić information content (AvgIpc) is 2.88. The van der Waals surface area contributed by atoms with Crippen LogP contribution in [0.2, 0.25) is 0 Å². The number of thiophene rings is 1. The van der Waals surface area contributed by atoms with Crippen molar-refractivity contribution in [3.63, 3.8) is 0 Å². The van der Waals surface area contributed by atoms with E-state index in [4.69, 9.17) is 9.47 Å². The Balaban J connectivity index is 1.96. The molecule has 1 aromatic heterocycles. The standard InChI is InChI=1S/C18H26N2O5S/c1-5-25-18(23)15-11(2)12(3)26-16(15)19-14(21)10-20-8-6-13(7-9-20)17(22)24-4/h13H,5-10H2,1-4H3,(H,19,21)/p+1. The Morgan fingerprint density at radius 3 is 2.46 bits per heavy atom. The van der Waals surface area contributed by atoms with Crippen LogP contribution in [-0.2, 0) is 19.1 Å². The Hall–Kier alpha value is -1.93. The summed E-state index contributed by atoms with van der Waals surface area (Å²) in [5.41, 5.74) is 1.29. The lowest BCUT2D eigenvalue weighted by atomic mass is 9.97. The molecule has 2 heterocycles. The highest BCUT2D eigenvalue weighted by atomic mass is 32.1. The number of rotatable bonds is 6. The number of hydrogen-bond acceptors (Lipinski definition) is 6. The number of nitrogens with one attached hydrogen (secondary N) is 2. The molecule has 1 aliphatic heterocycles. The lowest BCUT2D eigenvalue weighted by Crippen LogP contribution is -3.14. The third kappa shape index (κ3) is 4.82. The van der Waals surface area contributed by atoms with E-state index >= 15 is 0 Å². The van der Waals surface area contributed by atoms with Crippen molar-refractivity contribution >= 4 is 34.2 Å². The summed E-state index contributed by atoms with van der Waals surface area (Å²) in [6, 6.07) is 0. The smallest absolute Gasteiger partial charge is 0.341 e. The molecule has 1 saturated heterocycles. The van der Waals surface area contributed by atoms with E-state index in [1.54, 1.807) is 6.92 Å². The fraction of sp³-hybridized carbons (Fsp3) is 0.611. The van der Waals surface area contributed by atoms with Crippen LogP contribution in [-0.4, -0.2) is 51.2 Å². The van der Waals surface area contributed by atoms with Gasteiger partial charge < -0.3 is 19.7 Å². The summed E-state index contributed by atoms with van der Waals surface area (Å²) in [6.45, 7) is 7.64. The Morgan fingerprint density at radius 1 is 1.23 bits per heavy atom. The Bertz CT molecular complexity index is 677. The maximum absolute atomic E-state index is 12.4. The highest BCUT2D eigenvalue weighted by Crippen LogP contribution is 2.32. The molecule has 0 aliphatic carbocycles. The molecule has 0 spiro atoms. The van der Waals surface area contributed by atoms with Crippen molar-refractivity contribution in [2.45, 2.75) is 33.6 Å². The van der Waals surface area contributed by atoms with Crippen LogP contribution in [0.5, 0.6) is 0 Å². The van der Waals surface area contributed by atoms with Crippen LogP contribution < -0.4 is 10.2 Å². The van der Waals surface area contributed by atoms with E-state index in [9.17, 15) is 14.4 Å². The van der Waals surface area contributed by atoms with Gasteiger partial charge in [-0.1, -0.05) is 0 Å². The molecule has 0 radical (unpaired) electrons. The van der Waals surface area contributed by atoms with Crippen molar-refractivity contribution in [3.8, 4) is 0 Å². The Labute approximate surface area is 157 Å². The number of carbonyl (C=O) groups excluding carboxylic acids is 3. The molecule has 2 N–H and O–H groups in total. The summed E-state index contributed by atoms with van der Waals surface area (Å²) in [5, 5.41) is 3.42. The van der Waals surface area contributed by atoms with Crippen LogP contribution >= 0.6 is 11.3 Å². The van der Waals surface area contributed by atoms with Crippen LogP contribution in [0, 0.1) is 19.8 Å². The van der Waals surface area contributed by atoms with Crippen molar-refractivity contribution in [2.24, 2.45) is 5.92 Å². The van der Waals surface area contributed by atoms with Crippen molar-refractivity contribution in [1.29, 1.82) is 0 Å². The average molecular weight is 383 g/mol. The number of ether oxygens (including phenoxy) is 2. The van der Waals surface area contributed by atoms with E-state index in [0.29, 0.717) is 23.7 Å². The molecule has 1 amide bonds. The number of piperidine rings is 1. The number of hydrogen-bond donors (Lipinski definition) is 2. The molecule has 8 heteroatoms. The quantitative estimate of drug-likeness (QED) is 0.715. The first kappa shape index (κ1) is 20.4. The second-order valence-electron chi connectivity index (χ2n) is 6.48. The van der Waals surface area contributed by atoms with Crippen LogP contribution in [0.1, 0.15) is 40.6 Å². The predicted molar refractivity (Wildman–Crippen MR) is 98.7 cm³/mol. The van der Waals surface area contributed by atoms with Crippen molar-refractivity contribution in [3.05, 3.63) is 16.0 Å². The molecule has 0 aromatic carbocycles. The van der Waals surface area contributed by atoms with Gasteiger partial charge in [-0.25, -0.2) is 4.79 Å². The van der Waals surface area contributed by atoms with Gasteiger partial charge in [0, 0.05) is 17.7 Å². The Morgan fingerprint density at radius 2 is 1.88 bits per heavy atom. The number of likely N-dealkylation sites (tertiary alicyclic amines) is 1. The second-order valence-corrected chi connectivity index (χ2v) is 7.70. The minimum Gasteiger partial charge on any atom is -0.469 e. The zero-order valence-electron chi connectivity index (χ0n) is 15.8. The number of anilines is 1. The number of methoxy groups -OCH3 is 1. The lowest BCUT2D eigenvalue weighted by Gasteiger charge is -2.27. The molecule has 0 unspecified atom stereocenters. The van der Waals surface area contributed by atoms with Gasteiger partial charge in [-0.05, 0) is 26.3 Å². The van der Waals surface area contributed by atoms with Crippen LogP contribution in [0.25, 0.3) is 0 Å². The number of carbonyl (C=O) groups is 3. The molecule has 144 valence electrons. The summed E-state index contributed by atoms with van der Waals surface area (Å²) >= 11 is 1.39. The first-order valence-electron chi connectivity index (χ1n) is 8.85. The van der Waals surface area contributed by atoms with E-state index in [1.165, 1.54) is 18.4 Å². The summed E-state index contributed by atoms with van der Waals surface area (Å²) in [4.78, 5) is 38.3. The number of amides is 1. The molecule has 7 nitrogen and oxygen atoms in total. The molecular weight excluding hydrogens is 356 g/mol. The van der Waals surface area contributed by atoms with E-state index in [0.717, 1.165) is 41.3 Å². The molecule has 0 bridgehead atoms. The molecule has 1 fully saturated rings. The predicted octanol–water partition coefficient (Wildman–Crippen LogP) is 0.948. The zero-order valence-corrected chi connectivity index (χ0v) is 16.6. The number of quaternary nitrogens is 1. The fourth-order valence-electron chi connectivity index (χ4n) is 3.17. The Kier molecular flexibility index (Phi) is 7.16. The van der Waals surface area contributed by atoms with Gasteiger partial charge in [0.2, 0.25) is 0 Å². The third-order valence-electron chi connectivity index (χ3n) is 4.76. The van der Waals surface area contributed by atoms with Crippen molar-refractivity contribution in [1.82, 2.24) is 0 Å². The molecule has 1 aromatic rings. The molecular formula is C18H27N2O5S+. The zero-order chi connectivity index (χ0) is 19.3. The van der Waals surface area contributed by atoms with E-state index in [-0.39, 0.29) is 17.8 Å². The maximum atomic E-state index is 12.4. The molecule has 1 aliphatic rings. The van der Waals surface area contributed by atoms with Gasteiger partial charge in [-0.3, -0.25) is 9.59 Å². The molecule has 0 saturated carbocycles. The normalized spacial score (nSPS) is 19.7. The van der Waals surface area contributed by atoms with Gasteiger partial charge in [0.25, 0.3) is 5.91 Å². The monoisotopic (exact) mass is 383 g/mol. The van der Waals surface area contributed by atoms with Gasteiger partial charge in [0.15, 0.2) is 6.54 Å². The van der Waals surface area contributed by atoms with Gasteiger partial charge >= 0.3 is 11.9 Å². The van der Waals surface area contributed by atoms with Gasteiger partial charge in [0.05, 0.1) is 38.3 Å². The first-order valence-corrected chi connectivity index (χ1v) is 9.67. The van der Waals surface area contributed by atoms with Crippen LogP contribution in [0.4, 0.5) is 5.00 Å². The maximum Gasteiger partial charge on any atom is 0.341 e. The topological polar surface area (TPSA) is 86.1 Å². The fourth-order valence-corrected chi connectivity index (χ4v) is 4.23. The molecule has 2 rings (SSSR count). The van der Waals surface area contributed by atoms with Gasteiger partial charge in [-0.2, -0.15) is 0 Å². The van der Waals surface area contributed by atoms with Crippen molar-refractivity contribution in [2.75, 3.05) is 38.7 Å². The van der Waals surface area contributed by atoms with Gasteiger partial charge in [0.1, 0.15) is 5.00 Å². The lowest BCUT2D eigenvalue weighted by molar-refractivity contribution is -0.897. The minimum atomic E-state index is -0.407. The molecule has 26 heavy (non-hydrogen) atoms. The number of esters is 2. The highest BCUT2D eigenvalue weighted by molar-refractivity contribution is 7.16.